The zero-order valence-corrected chi connectivity index (χ0v) is 16.8. The predicted molar refractivity (Wildman–Crippen MR) is 112 cm³/mol. The van der Waals surface area contributed by atoms with Gasteiger partial charge in [-0.2, -0.15) is 5.10 Å². The second kappa shape index (κ2) is 7.15. The van der Waals surface area contributed by atoms with E-state index < -0.39 is 0 Å². The summed E-state index contributed by atoms with van der Waals surface area (Å²) >= 11 is 0. The third-order valence-electron chi connectivity index (χ3n) is 5.65. The Kier molecular flexibility index (Phi) is 4.67. The molecule has 0 saturated carbocycles. The maximum Gasteiger partial charge on any atom is 0.258 e. The molecular formula is C23H26N4O. The number of para-hydroxylation sites is 2. The Balaban J connectivity index is 1.85. The molecule has 3 aromatic rings. The average molecular weight is 374 g/mol. The zero-order chi connectivity index (χ0) is 19.8. The quantitative estimate of drug-likeness (QED) is 0.710. The van der Waals surface area contributed by atoms with E-state index in [-0.39, 0.29) is 18.1 Å². The zero-order valence-electron chi connectivity index (χ0n) is 16.8. The van der Waals surface area contributed by atoms with E-state index in [2.05, 4.69) is 26.1 Å². The maximum absolute atomic E-state index is 13.4. The fourth-order valence-corrected chi connectivity index (χ4v) is 4.00. The van der Waals surface area contributed by atoms with Crippen LogP contribution < -0.4 is 5.32 Å². The van der Waals surface area contributed by atoms with Crippen LogP contribution in [0.15, 0.2) is 54.6 Å². The fourth-order valence-electron chi connectivity index (χ4n) is 4.00. The molecule has 0 unspecified atom stereocenters. The topological polar surface area (TPSA) is 50.2 Å². The number of nitrogens with one attached hydrogen (secondary N) is 1. The number of hydrogen-bond acceptors (Lipinski definition) is 3. The van der Waals surface area contributed by atoms with Crippen molar-refractivity contribution in [1.29, 1.82) is 0 Å². The molecule has 144 valence electrons. The molecule has 5 nitrogen and oxygen atoms in total. The van der Waals surface area contributed by atoms with E-state index in [4.69, 9.17) is 5.10 Å². The van der Waals surface area contributed by atoms with Gasteiger partial charge >= 0.3 is 0 Å². The highest BCUT2D eigenvalue weighted by atomic mass is 16.2. The number of aryl methyl sites for hydroxylation is 1. The Morgan fingerprint density at radius 1 is 1.07 bits per heavy atom. The summed E-state index contributed by atoms with van der Waals surface area (Å²) in [6, 6.07) is 18.0. The van der Waals surface area contributed by atoms with Crippen LogP contribution in [0.2, 0.25) is 0 Å². The van der Waals surface area contributed by atoms with E-state index in [1.165, 1.54) is 0 Å². The van der Waals surface area contributed by atoms with Gasteiger partial charge in [0, 0.05) is 23.0 Å². The molecule has 1 aromatic heterocycles. The summed E-state index contributed by atoms with van der Waals surface area (Å²) in [7, 11) is 0. The van der Waals surface area contributed by atoms with Gasteiger partial charge in [-0.3, -0.25) is 4.79 Å². The van der Waals surface area contributed by atoms with Gasteiger partial charge < -0.3 is 10.2 Å². The number of carbonyl (C=O) groups excluding carboxylic acids is 1. The molecule has 1 amide bonds. The smallest absolute Gasteiger partial charge is 0.258 e. The van der Waals surface area contributed by atoms with Crippen molar-refractivity contribution in [3.05, 3.63) is 77.1 Å². The standard InChI is InChI=1S/C23H26N4O/c1-5-15(2)26-22(24-20-14-10-9-13-19(20)23(26)28)21-16(3)25-27(17(21)4)18-11-7-6-8-12-18/h6-15,22,24H,5H2,1-4H3/t15-,22+/m0/s1. The molecule has 0 radical (unpaired) electrons. The average Bonchev–Trinajstić information content (AvgIpc) is 3.02. The van der Waals surface area contributed by atoms with Crippen LogP contribution in [0.5, 0.6) is 0 Å². The van der Waals surface area contributed by atoms with Crippen molar-refractivity contribution >= 4 is 11.6 Å². The molecule has 5 heteroatoms. The minimum absolute atomic E-state index is 0.0694. The van der Waals surface area contributed by atoms with Gasteiger partial charge in [0.1, 0.15) is 6.17 Å². The number of hydrogen-bond donors (Lipinski definition) is 1. The molecule has 0 aliphatic carbocycles. The lowest BCUT2D eigenvalue weighted by molar-refractivity contribution is 0.0592. The molecule has 0 spiro atoms. The van der Waals surface area contributed by atoms with E-state index in [1.807, 2.05) is 71.1 Å². The van der Waals surface area contributed by atoms with Gasteiger partial charge in [-0.25, -0.2) is 4.68 Å². The van der Waals surface area contributed by atoms with E-state index >= 15 is 0 Å². The second-order valence-electron chi connectivity index (χ2n) is 7.39. The number of aromatic nitrogens is 2. The first-order valence-electron chi connectivity index (χ1n) is 9.82. The Morgan fingerprint density at radius 3 is 2.46 bits per heavy atom. The first-order chi connectivity index (χ1) is 13.5. The molecule has 1 N–H and O–H groups in total. The van der Waals surface area contributed by atoms with Gasteiger partial charge in [-0.15, -0.1) is 0 Å². The molecular weight excluding hydrogens is 348 g/mol. The molecule has 1 aliphatic heterocycles. The lowest BCUT2D eigenvalue weighted by Crippen LogP contribution is -2.47. The van der Waals surface area contributed by atoms with Crippen LogP contribution in [0.4, 0.5) is 5.69 Å². The monoisotopic (exact) mass is 374 g/mol. The van der Waals surface area contributed by atoms with Crippen LogP contribution in [0.25, 0.3) is 5.69 Å². The highest BCUT2D eigenvalue weighted by Gasteiger charge is 2.38. The molecule has 2 aromatic carbocycles. The summed E-state index contributed by atoms with van der Waals surface area (Å²) in [6.45, 7) is 8.31. The summed E-state index contributed by atoms with van der Waals surface area (Å²) < 4.78 is 1.96. The van der Waals surface area contributed by atoms with Crippen molar-refractivity contribution in [3.8, 4) is 5.69 Å². The summed E-state index contributed by atoms with van der Waals surface area (Å²) in [6.07, 6.45) is 0.645. The highest BCUT2D eigenvalue weighted by Crippen LogP contribution is 2.37. The SMILES string of the molecule is CC[C@H](C)N1C(=O)c2ccccc2N[C@H]1c1c(C)nn(-c2ccccc2)c1C. The van der Waals surface area contributed by atoms with Crippen LogP contribution in [0, 0.1) is 13.8 Å². The number of fused-ring (bicyclic) bond motifs is 1. The lowest BCUT2D eigenvalue weighted by atomic mass is 9.99. The van der Waals surface area contributed by atoms with Crippen molar-refractivity contribution in [1.82, 2.24) is 14.7 Å². The number of rotatable bonds is 4. The van der Waals surface area contributed by atoms with Gasteiger partial charge in [-0.05, 0) is 51.5 Å². The number of carbonyl (C=O) groups is 1. The molecule has 2 heterocycles. The summed E-state index contributed by atoms with van der Waals surface area (Å²) in [5.41, 5.74) is 5.66. The van der Waals surface area contributed by atoms with Crippen LogP contribution in [-0.4, -0.2) is 26.6 Å². The molecule has 4 rings (SSSR count). The number of anilines is 1. The van der Waals surface area contributed by atoms with Crippen molar-refractivity contribution in [2.75, 3.05) is 5.32 Å². The summed E-state index contributed by atoms with van der Waals surface area (Å²) in [4.78, 5) is 15.3. The molecule has 0 fully saturated rings. The minimum Gasteiger partial charge on any atom is -0.361 e. The van der Waals surface area contributed by atoms with Gasteiger partial charge in [0.2, 0.25) is 0 Å². The van der Waals surface area contributed by atoms with Gasteiger partial charge in [0.25, 0.3) is 5.91 Å². The first-order valence-corrected chi connectivity index (χ1v) is 9.82. The van der Waals surface area contributed by atoms with Crippen LogP contribution >= 0.6 is 0 Å². The van der Waals surface area contributed by atoms with Gasteiger partial charge in [-0.1, -0.05) is 37.3 Å². The van der Waals surface area contributed by atoms with E-state index in [0.29, 0.717) is 0 Å². The van der Waals surface area contributed by atoms with Gasteiger partial charge in [0.05, 0.1) is 16.9 Å². The largest absolute Gasteiger partial charge is 0.361 e. The Morgan fingerprint density at radius 2 is 1.75 bits per heavy atom. The maximum atomic E-state index is 13.4. The number of nitrogens with zero attached hydrogens (tertiary/aromatic N) is 3. The van der Waals surface area contributed by atoms with Crippen LogP contribution in [0.3, 0.4) is 0 Å². The molecule has 2 atom stereocenters. The Bertz CT molecular complexity index is 1010. The molecule has 1 aliphatic rings. The third kappa shape index (κ3) is 2.87. The predicted octanol–water partition coefficient (Wildman–Crippen LogP) is 4.85. The Hall–Kier alpha value is -3.08. The van der Waals surface area contributed by atoms with Crippen molar-refractivity contribution < 1.29 is 4.79 Å². The normalized spacial score (nSPS) is 17.2. The second-order valence-corrected chi connectivity index (χ2v) is 7.39. The fraction of sp³-hybridized carbons (Fsp3) is 0.304. The van der Waals surface area contributed by atoms with E-state index in [0.717, 1.165) is 40.3 Å². The Labute approximate surface area is 166 Å². The van der Waals surface area contributed by atoms with E-state index in [9.17, 15) is 4.79 Å². The molecule has 28 heavy (non-hydrogen) atoms. The highest BCUT2D eigenvalue weighted by molar-refractivity contribution is 6.02. The van der Waals surface area contributed by atoms with Gasteiger partial charge in [0.15, 0.2) is 0 Å². The lowest BCUT2D eigenvalue weighted by Gasteiger charge is -2.41. The molecule has 0 saturated heterocycles. The van der Waals surface area contributed by atoms with Crippen LogP contribution in [0.1, 0.15) is 53.7 Å². The summed E-state index contributed by atoms with van der Waals surface area (Å²) in [5, 5.41) is 8.40. The van der Waals surface area contributed by atoms with E-state index in [1.54, 1.807) is 0 Å². The number of amides is 1. The van der Waals surface area contributed by atoms with Crippen molar-refractivity contribution in [3.63, 3.8) is 0 Å². The summed E-state index contributed by atoms with van der Waals surface area (Å²) in [5.74, 6) is 0.0694. The third-order valence-corrected chi connectivity index (χ3v) is 5.65. The number of benzene rings is 2. The van der Waals surface area contributed by atoms with Crippen molar-refractivity contribution in [2.24, 2.45) is 0 Å². The van der Waals surface area contributed by atoms with Crippen LogP contribution in [-0.2, 0) is 0 Å². The minimum atomic E-state index is -0.241. The molecule has 0 bridgehead atoms. The van der Waals surface area contributed by atoms with Crippen molar-refractivity contribution in [2.45, 2.75) is 46.3 Å². The first kappa shape index (κ1) is 18.3.